The third-order valence-corrected chi connectivity index (χ3v) is 4.37. The van der Waals surface area contributed by atoms with Crippen LogP contribution in [0.2, 0.25) is 0 Å². The maximum atomic E-state index is 13.3. The molecule has 1 N–H and O–H groups in total. The quantitative estimate of drug-likeness (QED) is 0.798. The topological polar surface area (TPSA) is 67.3 Å². The summed E-state index contributed by atoms with van der Waals surface area (Å²) in [5.74, 6) is -1.01. The van der Waals surface area contributed by atoms with E-state index in [0.29, 0.717) is 21.6 Å². The van der Waals surface area contributed by atoms with Crippen molar-refractivity contribution in [2.24, 2.45) is 0 Å². The number of nitrogens with one attached hydrogen (secondary N) is 1. The average Bonchev–Trinajstić information content (AvgIpc) is 3.14. The number of halogens is 2. The lowest BCUT2D eigenvalue weighted by atomic mass is 10.2. The molecule has 5 nitrogen and oxygen atoms in total. The van der Waals surface area contributed by atoms with Crippen molar-refractivity contribution < 1.29 is 8.78 Å². The highest BCUT2D eigenvalue weighted by Crippen LogP contribution is 2.28. The van der Waals surface area contributed by atoms with Gasteiger partial charge in [-0.15, -0.1) is 10.2 Å². The Morgan fingerprint density at radius 3 is 2.65 bits per heavy atom. The summed E-state index contributed by atoms with van der Waals surface area (Å²) in [5, 5.41) is 16.2. The van der Waals surface area contributed by atoms with Gasteiger partial charge in [-0.1, -0.05) is 0 Å². The molecule has 1 aliphatic rings. The maximum absolute atomic E-state index is 13.3. The number of fused-ring (bicyclic) bond motifs is 1. The summed E-state index contributed by atoms with van der Waals surface area (Å²) >= 11 is 1.26. The van der Waals surface area contributed by atoms with E-state index in [4.69, 9.17) is 0 Å². The number of aromatic amines is 1. The Hall–Kier alpha value is -2.35. The van der Waals surface area contributed by atoms with E-state index in [-0.39, 0.29) is 0 Å². The van der Waals surface area contributed by atoms with Gasteiger partial charge in [0.05, 0.1) is 5.69 Å². The van der Waals surface area contributed by atoms with E-state index in [1.807, 2.05) is 6.07 Å². The Bertz CT molecular complexity index is 860. The molecule has 0 unspecified atom stereocenters. The van der Waals surface area contributed by atoms with Crippen LogP contribution < -0.4 is 0 Å². The number of aryl methyl sites for hydroxylation is 2. The van der Waals surface area contributed by atoms with Gasteiger partial charge in [0.15, 0.2) is 5.82 Å². The van der Waals surface area contributed by atoms with Gasteiger partial charge < -0.3 is 0 Å². The van der Waals surface area contributed by atoms with Crippen LogP contribution in [0.3, 0.4) is 0 Å². The zero-order chi connectivity index (χ0) is 15.8. The highest BCUT2D eigenvalue weighted by atomic mass is 32.2. The lowest BCUT2D eigenvalue weighted by Gasteiger charge is -1.99. The van der Waals surface area contributed by atoms with Gasteiger partial charge >= 0.3 is 0 Å². The van der Waals surface area contributed by atoms with Crippen molar-refractivity contribution >= 4 is 11.8 Å². The summed E-state index contributed by atoms with van der Waals surface area (Å²) in [6.45, 7) is 0. The highest BCUT2D eigenvalue weighted by Gasteiger charge is 2.15. The van der Waals surface area contributed by atoms with Gasteiger partial charge in [-0.2, -0.15) is 5.10 Å². The first-order chi connectivity index (χ1) is 11.2. The molecule has 0 saturated carbocycles. The minimum absolute atomic E-state index is 0.306. The average molecular weight is 331 g/mol. The molecule has 0 spiro atoms. The molecular weight excluding hydrogens is 320 g/mol. The first-order valence-electron chi connectivity index (χ1n) is 7.09. The zero-order valence-corrected chi connectivity index (χ0v) is 12.7. The number of rotatable bonds is 3. The number of hydrogen-bond acceptors (Lipinski definition) is 5. The molecule has 2 heterocycles. The normalized spacial score (nSPS) is 13.3. The van der Waals surface area contributed by atoms with Crippen molar-refractivity contribution in [3.05, 3.63) is 47.2 Å². The van der Waals surface area contributed by atoms with Crippen LogP contribution in [0.1, 0.15) is 17.7 Å². The fourth-order valence-corrected chi connectivity index (χ4v) is 3.26. The predicted octanol–water partition coefficient (Wildman–Crippen LogP) is 3.18. The first kappa shape index (κ1) is 14.3. The summed E-state index contributed by atoms with van der Waals surface area (Å²) in [6, 6.07) is 5.22. The van der Waals surface area contributed by atoms with Gasteiger partial charge in [0.2, 0.25) is 5.16 Å². The monoisotopic (exact) mass is 331 g/mol. The number of hydrogen-bond donors (Lipinski definition) is 1. The third kappa shape index (κ3) is 2.94. The first-order valence-corrected chi connectivity index (χ1v) is 7.91. The smallest absolute Gasteiger partial charge is 0.215 e. The number of H-pyrrole nitrogens is 1. The predicted molar refractivity (Wildman–Crippen MR) is 79.9 cm³/mol. The lowest BCUT2D eigenvalue weighted by molar-refractivity contribution is 0.584. The molecule has 3 aromatic rings. The second kappa shape index (κ2) is 5.69. The summed E-state index contributed by atoms with van der Waals surface area (Å²) in [5.41, 5.74) is 2.58. The van der Waals surface area contributed by atoms with E-state index >= 15 is 0 Å². The van der Waals surface area contributed by atoms with Crippen LogP contribution in [0.4, 0.5) is 8.78 Å². The molecule has 0 bridgehead atoms. The molecular formula is C15H11F2N5S. The van der Waals surface area contributed by atoms with E-state index in [1.165, 1.54) is 29.5 Å². The van der Waals surface area contributed by atoms with Crippen molar-refractivity contribution in [1.29, 1.82) is 0 Å². The number of benzene rings is 1. The SMILES string of the molecule is Fc1cc(F)cc(-c2nc(Sc3cc4c(nn3)CCC4)n[nH]2)c1. The van der Waals surface area contributed by atoms with Crippen LogP contribution in [-0.2, 0) is 12.8 Å². The molecule has 8 heteroatoms. The van der Waals surface area contributed by atoms with Crippen LogP contribution >= 0.6 is 11.8 Å². The van der Waals surface area contributed by atoms with Gasteiger partial charge in [0, 0.05) is 11.6 Å². The van der Waals surface area contributed by atoms with E-state index in [9.17, 15) is 8.78 Å². The molecule has 2 aromatic heterocycles. The van der Waals surface area contributed by atoms with Crippen molar-refractivity contribution in [3.63, 3.8) is 0 Å². The second-order valence-corrected chi connectivity index (χ2v) is 6.22. The van der Waals surface area contributed by atoms with E-state index in [2.05, 4.69) is 25.4 Å². The van der Waals surface area contributed by atoms with Crippen molar-refractivity contribution in [3.8, 4) is 11.4 Å². The van der Waals surface area contributed by atoms with Crippen molar-refractivity contribution in [1.82, 2.24) is 25.4 Å². The Labute approximate surface area is 134 Å². The zero-order valence-electron chi connectivity index (χ0n) is 11.9. The summed E-state index contributed by atoms with van der Waals surface area (Å²) in [4.78, 5) is 4.25. The van der Waals surface area contributed by atoms with Crippen molar-refractivity contribution in [2.45, 2.75) is 29.4 Å². The fraction of sp³-hybridized carbons (Fsp3) is 0.200. The molecule has 0 radical (unpaired) electrons. The van der Waals surface area contributed by atoms with Gasteiger partial charge in [0.25, 0.3) is 0 Å². The Kier molecular flexibility index (Phi) is 3.53. The highest BCUT2D eigenvalue weighted by molar-refractivity contribution is 7.99. The van der Waals surface area contributed by atoms with Crippen LogP contribution in [0.5, 0.6) is 0 Å². The number of nitrogens with zero attached hydrogens (tertiary/aromatic N) is 4. The fourth-order valence-electron chi connectivity index (χ4n) is 2.56. The molecule has 4 rings (SSSR count). The largest absolute Gasteiger partial charge is 0.258 e. The van der Waals surface area contributed by atoms with E-state index in [0.717, 1.165) is 31.0 Å². The van der Waals surface area contributed by atoms with Crippen LogP contribution in [0, 0.1) is 11.6 Å². The van der Waals surface area contributed by atoms with Gasteiger partial charge in [0.1, 0.15) is 16.7 Å². The lowest BCUT2D eigenvalue weighted by Crippen LogP contribution is -1.93. The van der Waals surface area contributed by atoms with Gasteiger partial charge in [-0.05, 0) is 54.8 Å². The standard InChI is InChI=1S/C15H11F2N5S/c16-10-4-9(5-11(17)7-10)14-18-15(22-21-14)23-13-6-8-2-1-3-12(8)19-20-13/h4-7H,1-3H2,(H,18,21,22). The third-order valence-electron chi connectivity index (χ3n) is 3.59. The Balaban J connectivity index is 1.58. The molecule has 0 aliphatic heterocycles. The van der Waals surface area contributed by atoms with Crippen molar-refractivity contribution in [2.75, 3.05) is 0 Å². The minimum Gasteiger partial charge on any atom is -0.258 e. The molecule has 116 valence electrons. The van der Waals surface area contributed by atoms with Crippen LogP contribution in [0.25, 0.3) is 11.4 Å². The Morgan fingerprint density at radius 2 is 1.83 bits per heavy atom. The summed E-state index contributed by atoms with van der Waals surface area (Å²) in [7, 11) is 0. The molecule has 0 fully saturated rings. The van der Waals surface area contributed by atoms with Gasteiger partial charge in [-0.25, -0.2) is 13.8 Å². The van der Waals surface area contributed by atoms with Crippen LogP contribution in [-0.4, -0.2) is 25.4 Å². The van der Waals surface area contributed by atoms with E-state index in [1.54, 1.807) is 0 Å². The number of aromatic nitrogens is 5. The summed E-state index contributed by atoms with van der Waals surface area (Å²) < 4.78 is 26.5. The molecule has 0 amide bonds. The second-order valence-electron chi connectivity index (χ2n) is 5.23. The maximum Gasteiger partial charge on any atom is 0.215 e. The molecule has 0 saturated heterocycles. The Morgan fingerprint density at radius 1 is 1.00 bits per heavy atom. The van der Waals surface area contributed by atoms with Gasteiger partial charge in [-0.3, -0.25) is 5.10 Å². The molecule has 23 heavy (non-hydrogen) atoms. The molecule has 0 atom stereocenters. The molecule has 1 aromatic carbocycles. The summed E-state index contributed by atoms with van der Waals surface area (Å²) in [6.07, 6.45) is 3.09. The van der Waals surface area contributed by atoms with Crippen LogP contribution in [0.15, 0.2) is 34.4 Å². The van der Waals surface area contributed by atoms with E-state index < -0.39 is 11.6 Å². The minimum atomic E-state index is -0.657. The molecule has 1 aliphatic carbocycles.